The summed E-state index contributed by atoms with van der Waals surface area (Å²) < 4.78 is 23.5. The van der Waals surface area contributed by atoms with Gasteiger partial charge in [0.15, 0.2) is 0 Å². The van der Waals surface area contributed by atoms with Crippen molar-refractivity contribution in [1.29, 1.82) is 0 Å². The van der Waals surface area contributed by atoms with Gasteiger partial charge < -0.3 is 28.8 Å². The largest absolute Gasteiger partial charge is 0.756 e. The average molecular weight is 1190 g/mol. The smallest absolute Gasteiger partial charge is 0.268 e. The minimum atomic E-state index is -4.61. The second-order valence-electron chi connectivity index (χ2n) is 27.0. The van der Waals surface area contributed by atoms with Crippen molar-refractivity contribution in [3.63, 3.8) is 0 Å². The van der Waals surface area contributed by atoms with Crippen molar-refractivity contribution in [3.8, 4) is 0 Å². The van der Waals surface area contributed by atoms with Crippen LogP contribution < -0.4 is 10.2 Å². The highest BCUT2D eigenvalue weighted by atomic mass is 31.2. The number of carbonyl (C=O) groups excluding carboxylic acids is 1. The Kier molecular flexibility index (Phi) is 64.6. The van der Waals surface area contributed by atoms with Gasteiger partial charge in [0.05, 0.1) is 39.9 Å². The molecule has 494 valence electrons. The second-order valence-corrected chi connectivity index (χ2v) is 28.4. The predicted octanol–water partition coefficient (Wildman–Crippen LogP) is 23.2. The highest BCUT2D eigenvalue weighted by Crippen LogP contribution is 2.38. The van der Waals surface area contributed by atoms with E-state index in [0.29, 0.717) is 17.4 Å². The van der Waals surface area contributed by atoms with E-state index in [9.17, 15) is 19.4 Å². The fourth-order valence-electron chi connectivity index (χ4n) is 11.6. The molecule has 0 aliphatic heterocycles. The fourth-order valence-corrected chi connectivity index (χ4v) is 12.4. The Labute approximate surface area is 519 Å². The summed E-state index contributed by atoms with van der Waals surface area (Å²) in [4.78, 5) is 25.6. The zero-order valence-corrected chi connectivity index (χ0v) is 57.6. The van der Waals surface area contributed by atoms with Gasteiger partial charge in [-0.05, 0) is 32.1 Å². The standard InChI is InChI=1S/C74H147N2O6P/c1-6-8-10-12-14-16-18-20-22-24-26-28-30-32-34-35-36-37-38-39-40-41-42-44-46-48-50-52-54-56-58-60-62-64-66-68-74(78)75-72(71-82-83(79,80)81-70-69-76(3,4)5)73(77)67-65-63-61-59-57-55-53-51-49-47-45-43-33-31-29-27-25-23-21-19-17-15-13-11-9-7-2/h57,59,65,67,72-73,77H,6-56,58,60-64,66,68-71H2,1-5H3,(H-,75,78,79,80)/b59-57+,67-65+. The van der Waals surface area contributed by atoms with Gasteiger partial charge in [-0.1, -0.05) is 378 Å². The summed E-state index contributed by atoms with van der Waals surface area (Å²) in [6.07, 6.45) is 86.2. The molecule has 1 amide bonds. The molecule has 0 aromatic heterocycles. The molecule has 3 atom stereocenters. The molecule has 8 nitrogen and oxygen atoms in total. The van der Waals surface area contributed by atoms with E-state index >= 15 is 0 Å². The summed E-state index contributed by atoms with van der Waals surface area (Å²) in [5.74, 6) is -0.197. The summed E-state index contributed by atoms with van der Waals surface area (Å²) >= 11 is 0. The number of allylic oxidation sites excluding steroid dienone is 3. The number of amides is 1. The number of aliphatic hydroxyl groups excluding tert-OH is 1. The highest BCUT2D eigenvalue weighted by molar-refractivity contribution is 7.45. The quantitative estimate of drug-likeness (QED) is 0.0272. The Bertz CT molecular complexity index is 1400. The Balaban J connectivity index is 3.99. The first-order chi connectivity index (χ1) is 40.5. The normalized spacial score (nSPS) is 13.7. The topological polar surface area (TPSA) is 108 Å². The van der Waals surface area contributed by atoms with Gasteiger partial charge in [0.2, 0.25) is 5.91 Å². The molecule has 0 radical (unpaired) electrons. The van der Waals surface area contributed by atoms with Crippen LogP contribution in [0.15, 0.2) is 24.3 Å². The monoisotopic (exact) mass is 1190 g/mol. The molecule has 3 unspecified atom stereocenters. The lowest BCUT2D eigenvalue weighted by Gasteiger charge is -2.29. The van der Waals surface area contributed by atoms with Crippen molar-refractivity contribution in [2.45, 2.75) is 405 Å². The molecule has 0 heterocycles. The number of carbonyl (C=O) groups is 1. The number of likely N-dealkylation sites (N-methyl/N-ethyl adjacent to an activating group) is 1. The number of quaternary nitrogens is 1. The van der Waals surface area contributed by atoms with Gasteiger partial charge in [0.25, 0.3) is 7.82 Å². The van der Waals surface area contributed by atoms with Gasteiger partial charge in [-0.2, -0.15) is 0 Å². The first-order valence-electron chi connectivity index (χ1n) is 37.2. The number of nitrogens with one attached hydrogen (secondary N) is 1. The Morgan fingerprint density at radius 1 is 0.410 bits per heavy atom. The summed E-state index contributed by atoms with van der Waals surface area (Å²) in [7, 11) is 1.26. The molecular formula is C74H147N2O6P. The second kappa shape index (κ2) is 65.4. The zero-order chi connectivity index (χ0) is 60.5. The summed E-state index contributed by atoms with van der Waals surface area (Å²) in [6.45, 7) is 4.70. The molecule has 0 saturated carbocycles. The highest BCUT2D eigenvalue weighted by Gasteiger charge is 2.23. The molecule has 0 aromatic carbocycles. The van der Waals surface area contributed by atoms with Gasteiger partial charge in [-0.3, -0.25) is 9.36 Å². The summed E-state index contributed by atoms with van der Waals surface area (Å²) in [5, 5.41) is 14.0. The van der Waals surface area contributed by atoms with E-state index in [1.165, 1.54) is 334 Å². The maximum absolute atomic E-state index is 13.0. The lowest BCUT2D eigenvalue weighted by atomic mass is 10.0. The number of nitrogens with zero attached hydrogens (tertiary/aromatic N) is 1. The van der Waals surface area contributed by atoms with Gasteiger partial charge in [0, 0.05) is 6.42 Å². The first-order valence-corrected chi connectivity index (χ1v) is 38.7. The molecule has 2 N–H and O–H groups in total. The maximum atomic E-state index is 13.0. The first kappa shape index (κ1) is 82.0. The molecule has 0 spiro atoms. The maximum Gasteiger partial charge on any atom is 0.268 e. The van der Waals surface area contributed by atoms with Gasteiger partial charge >= 0.3 is 0 Å². The Morgan fingerprint density at radius 2 is 0.675 bits per heavy atom. The molecular weight excluding hydrogens is 1040 g/mol. The van der Waals surface area contributed by atoms with Crippen molar-refractivity contribution in [3.05, 3.63) is 24.3 Å². The number of hydrogen-bond donors (Lipinski definition) is 2. The Morgan fingerprint density at radius 3 is 0.976 bits per heavy atom. The van der Waals surface area contributed by atoms with Crippen LogP contribution in [0.3, 0.4) is 0 Å². The van der Waals surface area contributed by atoms with E-state index in [1.54, 1.807) is 6.08 Å². The number of aliphatic hydroxyl groups is 1. The van der Waals surface area contributed by atoms with Crippen molar-refractivity contribution >= 4 is 13.7 Å². The third-order valence-electron chi connectivity index (χ3n) is 17.4. The summed E-state index contributed by atoms with van der Waals surface area (Å²) in [5.41, 5.74) is 0. The number of rotatable bonds is 70. The van der Waals surface area contributed by atoms with E-state index < -0.39 is 20.0 Å². The minimum Gasteiger partial charge on any atom is -0.756 e. The molecule has 0 aromatic rings. The Hall–Kier alpha value is -1.02. The van der Waals surface area contributed by atoms with Crippen LogP contribution in [0.2, 0.25) is 0 Å². The van der Waals surface area contributed by atoms with Gasteiger partial charge in [-0.15, -0.1) is 0 Å². The number of unbranched alkanes of at least 4 members (excludes halogenated alkanes) is 55. The van der Waals surface area contributed by atoms with E-state index in [1.807, 2.05) is 27.2 Å². The van der Waals surface area contributed by atoms with Crippen LogP contribution in [0.5, 0.6) is 0 Å². The van der Waals surface area contributed by atoms with Crippen LogP contribution in [0.25, 0.3) is 0 Å². The molecule has 83 heavy (non-hydrogen) atoms. The zero-order valence-electron chi connectivity index (χ0n) is 56.7. The van der Waals surface area contributed by atoms with Gasteiger partial charge in [-0.25, -0.2) is 0 Å². The van der Waals surface area contributed by atoms with Crippen LogP contribution in [0, 0.1) is 0 Å². The molecule has 0 fully saturated rings. The number of phosphoric acid groups is 1. The molecule has 0 aliphatic carbocycles. The molecule has 0 bridgehead atoms. The van der Waals surface area contributed by atoms with Crippen LogP contribution in [-0.4, -0.2) is 68.5 Å². The number of phosphoric ester groups is 1. The lowest BCUT2D eigenvalue weighted by Crippen LogP contribution is -2.45. The third-order valence-corrected chi connectivity index (χ3v) is 18.4. The lowest BCUT2D eigenvalue weighted by molar-refractivity contribution is -0.870. The van der Waals surface area contributed by atoms with E-state index in [4.69, 9.17) is 9.05 Å². The van der Waals surface area contributed by atoms with Crippen molar-refractivity contribution in [2.75, 3.05) is 40.9 Å². The molecule has 0 aliphatic rings. The average Bonchev–Trinajstić information content (AvgIpc) is 3.49. The van der Waals surface area contributed by atoms with Crippen LogP contribution in [0.1, 0.15) is 393 Å². The van der Waals surface area contributed by atoms with Crippen LogP contribution in [-0.2, 0) is 18.4 Å². The summed E-state index contributed by atoms with van der Waals surface area (Å²) in [6, 6.07) is -0.902. The molecule has 0 saturated heterocycles. The van der Waals surface area contributed by atoms with Gasteiger partial charge in [0.1, 0.15) is 13.2 Å². The molecule has 0 rings (SSSR count). The minimum absolute atomic E-state index is 0.00336. The number of hydrogen-bond acceptors (Lipinski definition) is 6. The fraction of sp³-hybridized carbons (Fsp3) is 0.932. The molecule has 9 heteroatoms. The SMILES string of the molecule is CCCCCCCCCCCCCCCCCCCCCC/C=C/CC/C=C/C(O)C(COP(=O)([O-])OCC[N+](C)(C)C)NC(=O)CCCCCCCCCCCCCCCCCCCCCCCCCCCCCCCCCCCCC. The van der Waals surface area contributed by atoms with E-state index in [-0.39, 0.29) is 19.1 Å². The van der Waals surface area contributed by atoms with Crippen molar-refractivity contribution < 1.29 is 32.9 Å². The predicted molar refractivity (Wildman–Crippen MR) is 362 cm³/mol. The van der Waals surface area contributed by atoms with Crippen molar-refractivity contribution in [2.24, 2.45) is 0 Å². The third kappa shape index (κ3) is 68.3. The van der Waals surface area contributed by atoms with Crippen molar-refractivity contribution in [1.82, 2.24) is 5.32 Å². The van der Waals surface area contributed by atoms with E-state index in [2.05, 4.69) is 31.3 Å². The van der Waals surface area contributed by atoms with Crippen LogP contribution >= 0.6 is 7.82 Å². The van der Waals surface area contributed by atoms with Crippen LogP contribution in [0.4, 0.5) is 0 Å². The van der Waals surface area contributed by atoms with E-state index in [0.717, 1.165) is 38.5 Å².